The average molecular weight is 219 g/mol. The van der Waals surface area contributed by atoms with E-state index < -0.39 is 11.5 Å². The minimum Gasteiger partial charge on any atom is -0.304 e. The summed E-state index contributed by atoms with van der Waals surface area (Å²) < 4.78 is 0. The molecule has 6 nitrogen and oxygen atoms in total. The molecule has 0 aliphatic rings. The standard InChI is InChI=1S/C10H9N3O3/c1-6-2-3-7-8(4-6)11-9(5-13(15)16)12-10(7)14/h2-4H,5H2,1H3,(H,11,12,14). The van der Waals surface area contributed by atoms with Gasteiger partial charge in [0.05, 0.1) is 10.9 Å². The maximum atomic E-state index is 11.6. The number of nitrogens with one attached hydrogen (secondary N) is 1. The molecule has 0 bridgehead atoms. The van der Waals surface area contributed by atoms with Crippen molar-refractivity contribution in [3.63, 3.8) is 0 Å². The van der Waals surface area contributed by atoms with Gasteiger partial charge in [-0.3, -0.25) is 14.9 Å². The van der Waals surface area contributed by atoms with Gasteiger partial charge in [0, 0.05) is 4.92 Å². The summed E-state index contributed by atoms with van der Waals surface area (Å²) in [6, 6.07) is 5.19. The molecular weight excluding hydrogens is 210 g/mol. The SMILES string of the molecule is Cc1ccc2c(=O)[nH]c(C[N+](=O)[O-])nc2c1. The highest BCUT2D eigenvalue weighted by molar-refractivity contribution is 5.78. The molecule has 0 unspecified atom stereocenters. The molecule has 1 N–H and O–H groups in total. The molecular formula is C10H9N3O3. The molecule has 16 heavy (non-hydrogen) atoms. The van der Waals surface area contributed by atoms with Gasteiger partial charge in [0.2, 0.25) is 0 Å². The number of nitrogens with zero attached hydrogens (tertiary/aromatic N) is 2. The highest BCUT2D eigenvalue weighted by atomic mass is 16.6. The van der Waals surface area contributed by atoms with Gasteiger partial charge in [0.25, 0.3) is 12.1 Å². The zero-order valence-electron chi connectivity index (χ0n) is 8.56. The number of rotatable bonds is 2. The van der Waals surface area contributed by atoms with Crippen molar-refractivity contribution in [2.24, 2.45) is 0 Å². The summed E-state index contributed by atoms with van der Waals surface area (Å²) in [4.78, 5) is 27.8. The second kappa shape index (κ2) is 3.73. The Morgan fingerprint density at radius 2 is 2.25 bits per heavy atom. The van der Waals surface area contributed by atoms with E-state index in [-0.39, 0.29) is 11.4 Å². The van der Waals surface area contributed by atoms with Gasteiger partial charge in [0.15, 0.2) is 5.82 Å². The third-order valence-electron chi connectivity index (χ3n) is 2.19. The van der Waals surface area contributed by atoms with Crippen LogP contribution in [0, 0.1) is 17.0 Å². The molecule has 0 saturated carbocycles. The van der Waals surface area contributed by atoms with E-state index >= 15 is 0 Å². The summed E-state index contributed by atoms with van der Waals surface area (Å²) >= 11 is 0. The number of hydrogen-bond acceptors (Lipinski definition) is 4. The van der Waals surface area contributed by atoms with Crippen LogP contribution in [0.4, 0.5) is 0 Å². The summed E-state index contributed by atoms with van der Waals surface area (Å²) in [5.41, 5.74) is 1.10. The van der Waals surface area contributed by atoms with E-state index in [0.29, 0.717) is 10.9 Å². The van der Waals surface area contributed by atoms with Crippen molar-refractivity contribution in [2.75, 3.05) is 0 Å². The Kier molecular flexibility index (Phi) is 2.40. The van der Waals surface area contributed by atoms with Crippen LogP contribution in [-0.2, 0) is 6.54 Å². The number of aromatic nitrogens is 2. The van der Waals surface area contributed by atoms with Gasteiger partial charge in [-0.05, 0) is 24.6 Å². The molecule has 1 heterocycles. The highest BCUT2D eigenvalue weighted by Gasteiger charge is 2.08. The van der Waals surface area contributed by atoms with Gasteiger partial charge in [-0.1, -0.05) is 6.07 Å². The first-order valence-corrected chi connectivity index (χ1v) is 4.67. The molecule has 1 aromatic heterocycles. The number of nitro groups is 1. The number of aromatic amines is 1. The molecule has 82 valence electrons. The minimum absolute atomic E-state index is 0.0769. The van der Waals surface area contributed by atoms with Crippen LogP contribution < -0.4 is 5.56 Å². The normalized spacial score (nSPS) is 10.6. The predicted molar refractivity (Wildman–Crippen MR) is 57.8 cm³/mol. The first-order valence-electron chi connectivity index (χ1n) is 4.67. The van der Waals surface area contributed by atoms with Crippen LogP contribution in [0.5, 0.6) is 0 Å². The fourth-order valence-electron chi connectivity index (χ4n) is 1.50. The van der Waals surface area contributed by atoms with Crippen molar-refractivity contribution in [1.29, 1.82) is 0 Å². The van der Waals surface area contributed by atoms with Gasteiger partial charge in [0.1, 0.15) is 0 Å². The lowest BCUT2D eigenvalue weighted by Crippen LogP contribution is -2.14. The fraction of sp³-hybridized carbons (Fsp3) is 0.200. The average Bonchev–Trinajstić information content (AvgIpc) is 2.15. The molecule has 0 spiro atoms. The van der Waals surface area contributed by atoms with Gasteiger partial charge in [-0.25, -0.2) is 4.98 Å². The summed E-state index contributed by atoms with van der Waals surface area (Å²) in [5.74, 6) is 0.0769. The zero-order valence-corrected chi connectivity index (χ0v) is 8.56. The quantitative estimate of drug-likeness (QED) is 0.602. The minimum atomic E-state index is -0.528. The topological polar surface area (TPSA) is 88.9 Å². The van der Waals surface area contributed by atoms with Crippen LogP contribution in [0.15, 0.2) is 23.0 Å². The van der Waals surface area contributed by atoms with Crippen LogP contribution >= 0.6 is 0 Å². The monoisotopic (exact) mass is 219 g/mol. The molecule has 0 saturated heterocycles. The van der Waals surface area contributed by atoms with E-state index in [1.54, 1.807) is 18.2 Å². The van der Waals surface area contributed by atoms with Crippen molar-refractivity contribution in [2.45, 2.75) is 13.5 Å². The molecule has 6 heteroatoms. The number of hydrogen-bond donors (Lipinski definition) is 1. The van der Waals surface area contributed by atoms with Crippen molar-refractivity contribution in [3.8, 4) is 0 Å². The maximum absolute atomic E-state index is 11.6. The first-order chi connectivity index (χ1) is 7.56. The fourth-order valence-corrected chi connectivity index (χ4v) is 1.50. The van der Waals surface area contributed by atoms with E-state index in [2.05, 4.69) is 9.97 Å². The van der Waals surface area contributed by atoms with Crippen molar-refractivity contribution in [1.82, 2.24) is 9.97 Å². The Morgan fingerprint density at radius 3 is 2.94 bits per heavy atom. The molecule has 2 aromatic rings. The molecule has 0 aliphatic carbocycles. The molecule has 0 atom stereocenters. The Hall–Kier alpha value is -2.24. The maximum Gasteiger partial charge on any atom is 0.260 e. The van der Waals surface area contributed by atoms with Gasteiger partial charge in [-0.15, -0.1) is 0 Å². The van der Waals surface area contributed by atoms with E-state index in [9.17, 15) is 14.9 Å². The van der Waals surface area contributed by atoms with Crippen LogP contribution in [0.25, 0.3) is 10.9 Å². The Bertz CT molecular complexity index is 618. The zero-order chi connectivity index (χ0) is 11.7. The van der Waals surface area contributed by atoms with Crippen molar-refractivity contribution >= 4 is 10.9 Å². The van der Waals surface area contributed by atoms with E-state index in [1.807, 2.05) is 6.92 Å². The lowest BCUT2D eigenvalue weighted by atomic mass is 10.2. The van der Waals surface area contributed by atoms with E-state index in [1.165, 1.54) is 0 Å². The van der Waals surface area contributed by atoms with Crippen LogP contribution in [0.1, 0.15) is 11.4 Å². The Balaban J connectivity index is 2.65. The van der Waals surface area contributed by atoms with Gasteiger partial charge >= 0.3 is 0 Å². The largest absolute Gasteiger partial charge is 0.304 e. The second-order valence-electron chi connectivity index (χ2n) is 3.52. The summed E-state index contributed by atoms with van der Waals surface area (Å²) in [5, 5.41) is 10.8. The van der Waals surface area contributed by atoms with Crippen LogP contribution in [0.2, 0.25) is 0 Å². The van der Waals surface area contributed by atoms with E-state index in [0.717, 1.165) is 5.56 Å². The van der Waals surface area contributed by atoms with Crippen LogP contribution in [-0.4, -0.2) is 14.9 Å². The molecule has 1 aromatic carbocycles. The number of H-pyrrole nitrogens is 1. The number of aryl methyl sites for hydroxylation is 1. The lowest BCUT2D eigenvalue weighted by molar-refractivity contribution is -0.498. The first kappa shape index (κ1) is 10.3. The van der Waals surface area contributed by atoms with Crippen molar-refractivity contribution < 1.29 is 4.92 Å². The van der Waals surface area contributed by atoms with Crippen molar-refractivity contribution in [3.05, 3.63) is 50.1 Å². The lowest BCUT2D eigenvalue weighted by Gasteiger charge is -2.00. The number of benzene rings is 1. The van der Waals surface area contributed by atoms with Gasteiger partial charge in [-0.2, -0.15) is 0 Å². The molecule has 2 rings (SSSR count). The predicted octanol–water partition coefficient (Wildman–Crippen LogP) is 1.01. The Morgan fingerprint density at radius 1 is 1.50 bits per heavy atom. The second-order valence-corrected chi connectivity index (χ2v) is 3.52. The Labute approximate surface area is 90.1 Å². The molecule has 0 aliphatic heterocycles. The molecule has 0 amide bonds. The third kappa shape index (κ3) is 1.90. The van der Waals surface area contributed by atoms with Gasteiger partial charge < -0.3 is 4.98 Å². The summed E-state index contributed by atoms with van der Waals surface area (Å²) in [6.07, 6.45) is 0. The molecule has 0 fully saturated rings. The van der Waals surface area contributed by atoms with E-state index in [4.69, 9.17) is 0 Å². The molecule has 0 radical (unpaired) electrons. The smallest absolute Gasteiger partial charge is 0.260 e. The summed E-state index contributed by atoms with van der Waals surface area (Å²) in [6.45, 7) is 1.40. The van der Waals surface area contributed by atoms with Crippen LogP contribution in [0.3, 0.4) is 0 Å². The highest BCUT2D eigenvalue weighted by Crippen LogP contribution is 2.09. The summed E-state index contributed by atoms with van der Waals surface area (Å²) in [7, 11) is 0. The number of fused-ring (bicyclic) bond motifs is 1. The third-order valence-corrected chi connectivity index (χ3v) is 2.19.